The van der Waals surface area contributed by atoms with E-state index in [0.717, 1.165) is 0 Å². The molecule has 14 heavy (non-hydrogen) atoms. The molecule has 6 heteroatoms. The van der Waals surface area contributed by atoms with Gasteiger partial charge in [0, 0.05) is 10.8 Å². The fraction of sp³-hybridized carbons (Fsp3) is 0. The lowest BCUT2D eigenvalue weighted by atomic mass is 10.2. The molecule has 72 valence electrons. The minimum Gasteiger partial charge on any atom is -0.393 e. The number of nitrogen functional groups attached to an aromatic ring is 1. The van der Waals surface area contributed by atoms with Gasteiger partial charge < -0.3 is 5.73 Å². The number of nitro benzene ring substituents is 1. The Bertz CT molecular complexity index is 523. The molecule has 1 aromatic carbocycles. The van der Waals surface area contributed by atoms with Crippen LogP contribution in [-0.2, 0) is 0 Å². The zero-order valence-corrected chi connectivity index (χ0v) is 8.43. The van der Waals surface area contributed by atoms with Crippen molar-refractivity contribution in [2.45, 2.75) is 0 Å². The molecule has 2 aromatic rings. The van der Waals surface area contributed by atoms with E-state index in [1.807, 2.05) is 0 Å². The van der Waals surface area contributed by atoms with Crippen LogP contribution in [0.3, 0.4) is 0 Å². The fourth-order valence-corrected chi connectivity index (χ4v) is 2.56. The van der Waals surface area contributed by atoms with Crippen LogP contribution in [0.2, 0.25) is 5.02 Å². The number of fused-ring (bicyclic) bond motifs is 1. The van der Waals surface area contributed by atoms with Crippen molar-refractivity contribution in [2.75, 3.05) is 5.73 Å². The van der Waals surface area contributed by atoms with Gasteiger partial charge in [-0.15, -0.1) is 11.3 Å². The van der Waals surface area contributed by atoms with Gasteiger partial charge in [0.15, 0.2) is 0 Å². The van der Waals surface area contributed by atoms with E-state index in [4.69, 9.17) is 17.3 Å². The van der Waals surface area contributed by atoms with Crippen LogP contribution >= 0.6 is 22.9 Å². The van der Waals surface area contributed by atoms with E-state index in [2.05, 4.69) is 0 Å². The molecule has 0 spiro atoms. The number of halogens is 1. The molecule has 0 fully saturated rings. The summed E-state index contributed by atoms with van der Waals surface area (Å²) in [6, 6.07) is 3.19. The van der Waals surface area contributed by atoms with Gasteiger partial charge in [-0.1, -0.05) is 11.6 Å². The molecule has 0 unspecified atom stereocenters. The van der Waals surface area contributed by atoms with Crippen molar-refractivity contribution < 1.29 is 4.92 Å². The van der Waals surface area contributed by atoms with E-state index in [9.17, 15) is 10.1 Å². The van der Waals surface area contributed by atoms with E-state index in [-0.39, 0.29) is 11.4 Å². The predicted octanol–water partition coefficient (Wildman–Crippen LogP) is 3.05. The first-order valence-electron chi connectivity index (χ1n) is 3.71. The Hall–Kier alpha value is -1.33. The molecule has 0 aliphatic heterocycles. The normalized spacial score (nSPS) is 10.6. The maximum absolute atomic E-state index is 10.7. The molecular weight excluding hydrogens is 224 g/mol. The van der Waals surface area contributed by atoms with Gasteiger partial charge in [-0.05, 0) is 12.1 Å². The van der Waals surface area contributed by atoms with Gasteiger partial charge in [0.1, 0.15) is 10.4 Å². The summed E-state index contributed by atoms with van der Waals surface area (Å²) in [5.41, 5.74) is 5.63. The maximum Gasteiger partial charge on any atom is 0.309 e. The number of nitrogens with zero attached hydrogens (tertiary/aromatic N) is 1. The topological polar surface area (TPSA) is 69.2 Å². The third-order valence-electron chi connectivity index (χ3n) is 1.88. The molecule has 0 radical (unpaired) electrons. The van der Waals surface area contributed by atoms with Crippen LogP contribution in [0.25, 0.3) is 10.1 Å². The largest absolute Gasteiger partial charge is 0.393 e. The second-order valence-corrected chi connectivity index (χ2v) is 4.01. The summed E-state index contributed by atoms with van der Waals surface area (Å²) in [6.45, 7) is 0. The molecule has 0 aliphatic carbocycles. The highest BCUT2D eigenvalue weighted by Crippen LogP contribution is 2.39. The number of thiophene rings is 1. The first kappa shape index (κ1) is 9.23. The molecule has 1 aromatic heterocycles. The van der Waals surface area contributed by atoms with E-state index >= 15 is 0 Å². The highest BCUT2D eigenvalue weighted by molar-refractivity contribution is 7.18. The number of hydrogen-bond donors (Lipinski definition) is 1. The van der Waals surface area contributed by atoms with E-state index in [1.165, 1.54) is 17.4 Å². The molecule has 0 saturated carbocycles. The monoisotopic (exact) mass is 228 g/mol. The number of benzene rings is 1. The summed E-state index contributed by atoms with van der Waals surface area (Å²) in [5.74, 6) is 0. The molecule has 2 rings (SSSR count). The molecule has 0 bridgehead atoms. The highest BCUT2D eigenvalue weighted by atomic mass is 35.5. The quantitative estimate of drug-likeness (QED) is 0.463. The Morgan fingerprint density at radius 3 is 2.86 bits per heavy atom. The number of anilines is 1. The van der Waals surface area contributed by atoms with Crippen LogP contribution in [0.1, 0.15) is 0 Å². The predicted molar refractivity (Wildman–Crippen MR) is 57.9 cm³/mol. The lowest BCUT2D eigenvalue weighted by Crippen LogP contribution is -1.94. The third-order valence-corrected chi connectivity index (χ3v) is 3.33. The van der Waals surface area contributed by atoms with Crippen LogP contribution in [0, 0.1) is 10.1 Å². The van der Waals surface area contributed by atoms with Gasteiger partial charge in [-0.3, -0.25) is 10.1 Å². The van der Waals surface area contributed by atoms with E-state index in [1.54, 1.807) is 11.4 Å². The molecule has 2 N–H and O–H groups in total. The second kappa shape index (κ2) is 3.11. The number of nitrogens with two attached hydrogens (primary N) is 1. The average Bonchev–Trinajstić information content (AvgIpc) is 2.47. The van der Waals surface area contributed by atoms with Crippen molar-refractivity contribution in [3.05, 3.63) is 32.6 Å². The Balaban J connectivity index is 2.90. The second-order valence-electron chi connectivity index (χ2n) is 2.72. The highest BCUT2D eigenvalue weighted by Gasteiger charge is 2.18. The summed E-state index contributed by atoms with van der Waals surface area (Å²) >= 11 is 7.08. The van der Waals surface area contributed by atoms with Crippen molar-refractivity contribution in [2.24, 2.45) is 0 Å². The van der Waals surface area contributed by atoms with Gasteiger partial charge in [0.25, 0.3) is 0 Å². The van der Waals surface area contributed by atoms with Gasteiger partial charge in [0.2, 0.25) is 0 Å². The Morgan fingerprint density at radius 1 is 1.50 bits per heavy atom. The van der Waals surface area contributed by atoms with Crippen molar-refractivity contribution in [3.8, 4) is 0 Å². The number of nitro groups is 1. The Labute approximate surface area is 88.0 Å². The summed E-state index contributed by atoms with van der Waals surface area (Å²) < 4.78 is 0.528. The Morgan fingerprint density at radius 2 is 2.21 bits per heavy atom. The van der Waals surface area contributed by atoms with Crippen LogP contribution in [-0.4, -0.2) is 4.92 Å². The minimum absolute atomic E-state index is 0.0561. The number of hydrogen-bond acceptors (Lipinski definition) is 4. The molecule has 0 saturated heterocycles. The standard InChI is InChI=1S/C8H5ClN2O2S/c9-5-3-14-8-4(5)1-2-6(10)7(8)11(12)13/h1-3H,10H2. The molecule has 0 aliphatic rings. The van der Waals surface area contributed by atoms with Crippen molar-refractivity contribution in [3.63, 3.8) is 0 Å². The molecule has 1 heterocycles. The van der Waals surface area contributed by atoms with Crippen LogP contribution in [0.5, 0.6) is 0 Å². The fourth-order valence-electron chi connectivity index (χ4n) is 1.26. The maximum atomic E-state index is 10.7. The molecular formula is C8H5ClN2O2S. The van der Waals surface area contributed by atoms with Crippen molar-refractivity contribution in [1.82, 2.24) is 0 Å². The third kappa shape index (κ3) is 1.21. The van der Waals surface area contributed by atoms with Gasteiger partial charge in [0.05, 0.1) is 9.95 Å². The van der Waals surface area contributed by atoms with Gasteiger partial charge in [-0.2, -0.15) is 0 Å². The molecule has 4 nitrogen and oxygen atoms in total. The first-order valence-corrected chi connectivity index (χ1v) is 4.96. The van der Waals surface area contributed by atoms with Crippen LogP contribution < -0.4 is 5.73 Å². The summed E-state index contributed by atoms with van der Waals surface area (Å²) in [7, 11) is 0. The Kier molecular flexibility index (Phi) is 2.05. The zero-order chi connectivity index (χ0) is 10.3. The summed E-state index contributed by atoms with van der Waals surface area (Å²) in [4.78, 5) is 10.3. The lowest BCUT2D eigenvalue weighted by Gasteiger charge is -1.97. The molecule has 0 amide bonds. The van der Waals surface area contributed by atoms with Crippen molar-refractivity contribution >= 4 is 44.4 Å². The van der Waals surface area contributed by atoms with Crippen molar-refractivity contribution in [1.29, 1.82) is 0 Å². The lowest BCUT2D eigenvalue weighted by molar-refractivity contribution is -0.381. The average molecular weight is 229 g/mol. The van der Waals surface area contributed by atoms with Crippen LogP contribution in [0.15, 0.2) is 17.5 Å². The SMILES string of the molecule is Nc1ccc2c(Cl)csc2c1[N+](=O)[O-]. The first-order chi connectivity index (χ1) is 6.61. The number of rotatable bonds is 1. The van der Waals surface area contributed by atoms with E-state index < -0.39 is 4.92 Å². The summed E-state index contributed by atoms with van der Waals surface area (Å²) in [5, 5.41) is 13.6. The molecule has 0 atom stereocenters. The van der Waals surface area contributed by atoms with Gasteiger partial charge in [-0.25, -0.2) is 0 Å². The smallest absolute Gasteiger partial charge is 0.309 e. The van der Waals surface area contributed by atoms with E-state index in [0.29, 0.717) is 15.1 Å². The zero-order valence-electron chi connectivity index (χ0n) is 6.86. The van der Waals surface area contributed by atoms with Gasteiger partial charge >= 0.3 is 5.69 Å². The summed E-state index contributed by atoms with van der Waals surface area (Å²) in [6.07, 6.45) is 0. The van der Waals surface area contributed by atoms with Crippen LogP contribution in [0.4, 0.5) is 11.4 Å². The minimum atomic E-state index is -0.482.